The van der Waals surface area contributed by atoms with E-state index in [9.17, 15) is 0 Å². The summed E-state index contributed by atoms with van der Waals surface area (Å²) in [6.07, 6.45) is 0. The Morgan fingerprint density at radius 3 is 2.26 bits per heavy atom. The van der Waals surface area contributed by atoms with Gasteiger partial charge in [0.1, 0.15) is 17.6 Å². The van der Waals surface area contributed by atoms with E-state index in [4.69, 9.17) is 37.7 Å². The number of aromatic nitrogens is 2. The zero-order chi connectivity index (χ0) is 29.1. The highest BCUT2D eigenvalue weighted by Gasteiger charge is 2.45. The topological polar surface area (TPSA) is 49.8 Å². The van der Waals surface area contributed by atoms with Crippen LogP contribution in [0, 0.1) is 6.92 Å². The number of hydrogen-bond donors (Lipinski definition) is 0. The maximum Gasteiger partial charge on any atom is 0.213 e. The van der Waals surface area contributed by atoms with Crippen LogP contribution in [0.1, 0.15) is 28.6 Å². The second kappa shape index (κ2) is 10.2. The van der Waals surface area contributed by atoms with Gasteiger partial charge in [-0.05, 0) is 67.1 Å². The molecule has 210 valence electrons. The highest BCUT2D eigenvalue weighted by molar-refractivity contribution is 6.42. The van der Waals surface area contributed by atoms with Crippen molar-refractivity contribution in [3.05, 3.63) is 148 Å². The van der Waals surface area contributed by atoms with E-state index in [1.165, 1.54) is 5.56 Å². The number of aryl methyl sites for hydroxylation is 1. The summed E-state index contributed by atoms with van der Waals surface area (Å²) in [5.41, 5.74) is 7.04. The molecule has 8 rings (SSSR count). The predicted octanol–water partition coefficient (Wildman–Crippen LogP) is 9.36. The molecule has 0 amide bonds. The van der Waals surface area contributed by atoms with Crippen LogP contribution in [0.15, 0.2) is 125 Å². The first kappa shape index (κ1) is 25.9. The lowest BCUT2D eigenvalue weighted by Crippen LogP contribution is -2.42. The number of para-hydroxylation sites is 3. The fourth-order valence-corrected chi connectivity index (χ4v) is 6.33. The summed E-state index contributed by atoms with van der Waals surface area (Å²) in [6.45, 7) is 2.71. The Morgan fingerprint density at radius 2 is 1.49 bits per heavy atom. The van der Waals surface area contributed by atoms with E-state index in [-0.39, 0.29) is 6.04 Å². The molecule has 4 heterocycles. The molecular weight excluding hydrogens is 577 g/mol. The van der Waals surface area contributed by atoms with E-state index in [2.05, 4.69) is 70.5 Å². The molecule has 6 aromatic rings. The molecule has 2 aromatic heterocycles. The van der Waals surface area contributed by atoms with Crippen LogP contribution < -0.4 is 9.80 Å². The summed E-state index contributed by atoms with van der Waals surface area (Å²) >= 11 is 12.6. The van der Waals surface area contributed by atoms with Crippen molar-refractivity contribution in [3.8, 4) is 17.0 Å². The number of benzene rings is 4. The van der Waals surface area contributed by atoms with Crippen molar-refractivity contribution in [1.29, 1.82) is 0 Å². The number of hydrogen-bond acceptors (Lipinski definition) is 5. The molecule has 8 heteroatoms. The molecule has 0 saturated heterocycles. The van der Waals surface area contributed by atoms with Crippen LogP contribution in [0.3, 0.4) is 0 Å². The number of guanidine groups is 1. The Morgan fingerprint density at radius 1 is 0.767 bits per heavy atom. The van der Waals surface area contributed by atoms with E-state index in [1.807, 2.05) is 60.1 Å². The summed E-state index contributed by atoms with van der Waals surface area (Å²) in [4.78, 5) is 9.91. The largest absolute Gasteiger partial charge is 0.458 e. The van der Waals surface area contributed by atoms with Gasteiger partial charge in [0, 0.05) is 5.56 Å². The average molecular weight is 603 g/mol. The van der Waals surface area contributed by atoms with Gasteiger partial charge in [-0.1, -0.05) is 83.9 Å². The number of fused-ring (bicyclic) bond motifs is 4. The highest BCUT2D eigenvalue weighted by Crippen LogP contribution is 2.51. The molecule has 6 nitrogen and oxygen atoms in total. The van der Waals surface area contributed by atoms with Crippen molar-refractivity contribution in [1.82, 2.24) is 9.78 Å². The van der Waals surface area contributed by atoms with Gasteiger partial charge in [-0.3, -0.25) is 4.90 Å². The van der Waals surface area contributed by atoms with Gasteiger partial charge in [0.05, 0.1) is 44.9 Å². The van der Waals surface area contributed by atoms with Crippen molar-refractivity contribution in [2.24, 2.45) is 4.99 Å². The van der Waals surface area contributed by atoms with Gasteiger partial charge >= 0.3 is 0 Å². The van der Waals surface area contributed by atoms with Crippen LogP contribution in [0.25, 0.3) is 17.0 Å². The van der Waals surface area contributed by atoms with E-state index in [1.54, 1.807) is 6.07 Å². The molecule has 43 heavy (non-hydrogen) atoms. The molecule has 2 aliphatic rings. The number of aliphatic imine (C=N–C) groups is 1. The monoisotopic (exact) mass is 601 g/mol. The molecular formula is C35H25Cl2N5O. The van der Waals surface area contributed by atoms with Crippen LogP contribution >= 0.6 is 23.2 Å². The Labute approximate surface area is 259 Å². The number of furan rings is 1. The predicted molar refractivity (Wildman–Crippen MR) is 173 cm³/mol. The minimum atomic E-state index is -0.307. The normalized spacial score (nSPS) is 15.2. The SMILES string of the molecule is Cc1nn(-c2ccccc2)c2c1C(c1ccc(-c3ccc(Cl)c(Cl)c3)o1)N1C(=N2)N(Cc2ccccc2)c2ccccc21. The first-order chi connectivity index (χ1) is 21.1. The lowest BCUT2D eigenvalue weighted by molar-refractivity contribution is 0.499. The molecule has 1 unspecified atom stereocenters. The van der Waals surface area contributed by atoms with Crippen molar-refractivity contribution in [2.75, 3.05) is 9.80 Å². The Balaban J connectivity index is 1.34. The number of rotatable bonds is 5. The van der Waals surface area contributed by atoms with E-state index in [0.29, 0.717) is 22.4 Å². The molecule has 0 spiro atoms. The molecule has 0 radical (unpaired) electrons. The van der Waals surface area contributed by atoms with E-state index >= 15 is 0 Å². The Hall–Kier alpha value is -4.78. The maximum absolute atomic E-state index is 6.65. The lowest BCUT2D eigenvalue weighted by atomic mass is 10.0. The van der Waals surface area contributed by atoms with E-state index < -0.39 is 0 Å². The van der Waals surface area contributed by atoms with Gasteiger partial charge in [0.2, 0.25) is 5.96 Å². The van der Waals surface area contributed by atoms with Crippen molar-refractivity contribution < 1.29 is 4.42 Å². The fraction of sp³-hybridized carbons (Fsp3) is 0.0857. The van der Waals surface area contributed by atoms with Crippen LogP contribution in [0.4, 0.5) is 17.2 Å². The molecule has 2 aliphatic heterocycles. The van der Waals surface area contributed by atoms with Gasteiger partial charge in [-0.15, -0.1) is 0 Å². The van der Waals surface area contributed by atoms with Crippen LogP contribution in [0.2, 0.25) is 10.0 Å². The molecule has 0 N–H and O–H groups in total. The first-order valence-corrected chi connectivity index (χ1v) is 14.8. The highest BCUT2D eigenvalue weighted by atomic mass is 35.5. The molecule has 4 aromatic carbocycles. The van der Waals surface area contributed by atoms with Gasteiger partial charge in [-0.25, -0.2) is 4.68 Å². The molecule has 0 fully saturated rings. The van der Waals surface area contributed by atoms with Crippen molar-refractivity contribution in [3.63, 3.8) is 0 Å². The number of anilines is 2. The first-order valence-electron chi connectivity index (χ1n) is 14.1. The summed E-state index contributed by atoms with van der Waals surface area (Å²) in [7, 11) is 0. The molecule has 0 bridgehead atoms. The second-order valence-electron chi connectivity index (χ2n) is 10.6. The number of nitrogens with zero attached hydrogens (tertiary/aromatic N) is 5. The van der Waals surface area contributed by atoms with Gasteiger partial charge in [-0.2, -0.15) is 10.1 Å². The van der Waals surface area contributed by atoms with Gasteiger partial charge in [0.25, 0.3) is 0 Å². The third-order valence-electron chi connectivity index (χ3n) is 7.99. The van der Waals surface area contributed by atoms with Gasteiger partial charge in [0.15, 0.2) is 5.82 Å². The summed E-state index contributed by atoms with van der Waals surface area (Å²) in [6, 6.07) is 38.3. The third-order valence-corrected chi connectivity index (χ3v) is 8.73. The molecule has 0 aliphatic carbocycles. The number of halogens is 2. The summed E-state index contributed by atoms with van der Waals surface area (Å²) in [5, 5.41) is 6.00. The van der Waals surface area contributed by atoms with Crippen LogP contribution in [0.5, 0.6) is 0 Å². The molecule has 1 atom stereocenters. The standard InChI is InChI=1S/C35H25Cl2N5O/c1-22-32-33(31-19-18-30(43-31)24-16-17-26(36)27(37)20-24)41-29-15-9-8-14-28(29)40(21-23-10-4-2-5-11-23)35(41)38-34(32)42(39-22)25-12-6-3-7-13-25/h2-20,33H,21H2,1H3. The quantitative estimate of drug-likeness (QED) is 0.197. The summed E-state index contributed by atoms with van der Waals surface area (Å²) < 4.78 is 8.59. The fourth-order valence-electron chi connectivity index (χ4n) is 6.03. The van der Waals surface area contributed by atoms with Crippen LogP contribution in [-0.4, -0.2) is 15.7 Å². The molecule has 0 saturated carbocycles. The van der Waals surface area contributed by atoms with E-state index in [0.717, 1.165) is 51.4 Å². The minimum Gasteiger partial charge on any atom is -0.458 e. The van der Waals surface area contributed by atoms with Crippen molar-refractivity contribution >= 4 is 46.4 Å². The zero-order valence-electron chi connectivity index (χ0n) is 23.2. The second-order valence-corrected chi connectivity index (χ2v) is 11.5. The zero-order valence-corrected chi connectivity index (χ0v) is 24.7. The van der Waals surface area contributed by atoms with Crippen molar-refractivity contribution in [2.45, 2.75) is 19.5 Å². The average Bonchev–Trinajstić information content (AvgIpc) is 3.74. The third kappa shape index (κ3) is 4.25. The van der Waals surface area contributed by atoms with Crippen LogP contribution in [-0.2, 0) is 6.54 Å². The maximum atomic E-state index is 6.65. The summed E-state index contributed by atoms with van der Waals surface area (Å²) in [5.74, 6) is 3.10. The minimum absolute atomic E-state index is 0.307. The lowest BCUT2D eigenvalue weighted by Gasteiger charge is -2.33. The van der Waals surface area contributed by atoms with Gasteiger partial charge < -0.3 is 9.32 Å². The Bertz CT molecular complexity index is 2020. The smallest absolute Gasteiger partial charge is 0.213 e. The Kier molecular flexibility index (Phi) is 6.14.